The Bertz CT molecular complexity index is 853. The van der Waals surface area contributed by atoms with Gasteiger partial charge in [-0.05, 0) is 17.7 Å². The van der Waals surface area contributed by atoms with Gasteiger partial charge in [0.1, 0.15) is 0 Å². The summed E-state index contributed by atoms with van der Waals surface area (Å²) in [5.74, 6) is 0.380. The molecule has 0 unspecified atom stereocenters. The Morgan fingerprint density at radius 2 is 1.69 bits per heavy atom. The van der Waals surface area contributed by atoms with Gasteiger partial charge in [0, 0.05) is 19.7 Å². The summed E-state index contributed by atoms with van der Waals surface area (Å²) in [5, 5.41) is 0. The minimum atomic E-state index is -3.85. The molecule has 2 aromatic carbocycles. The van der Waals surface area contributed by atoms with Gasteiger partial charge in [-0.3, -0.25) is 4.79 Å². The lowest BCUT2D eigenvalue weighted by Crippen LogP contribution is -2.37. The number of rotatable bonds is 8. The molecule has 0 bridgehead atoms. The highest BCUT2D eigenvalue weighted by Crippen LogP contribution is 2.29. The van der Waals surface area contributed by atoms with E-state index in [1.54, 1.807) is 7.05 Å². The van der Waals surface area contributed by atoms with E-state index in [0.717, 1.165) is 5.56 Å². The topological polar surface area (TPSA) is 84.9 Å². The summed E-state index contributed by atoms with van der Waals surface area (Å²) in [6.45, 7) is 0.0672. The second-order valence-electron chi connectivity index (χ2n) is 5.58. The van der Waals surface area contributed by atoms with E-state index in [1.165, 1.54) is 37.3 Å². The number of sulfonamides is 1. The largest absolute Gasteiger partial charge is 0.493 e. The zero-order valence-corrected chi connectivity index (χ0v) is 15.7. The quantitative estimate of drug-likeness (QED) is 0.755. The first kappa shape index (κ1) is 19.7. The molecule has 0 atom stereocenters. The van der Waals surface area contributed by atoms with Crippen LogP contribution < -0.4 is 14.2 Å². The van der Waals surface area contributed by atoms with E-state index in [1.807, 2.05) is 30.3 Å². The fourth-order valence-electron chi connectivity index (χ4n) is 2.30. The molecule has 0 spiro atoms. The van der Waals surface area contributed by atoms with E-state index in [-0.39, 0.29) is 17.3 Å². The van der Waals surface area contributed by atoms with Crippen LogP contribution in [-0.4, -0.2) is 47.0 Å². The molecule has 26 heavy (non-hydrogen) atoms. The molecule has 0 radical (unpaired) electrons. The Hall–Kier alpha value is -2.58. The third kappa shape index (κ3) is 4.96. The van der Waals surface area contributed by atoms with Crippen molar-refractivity contribution < 1.29 is 22.7 Å². The fraction of sp³-hybridized carbons (Fsp3) is 0.278. The van der Waals surface area contributed by atoms with Crippen LogP contribution in [0.4, 0.5) is 0 Å². The minimum absolute atomic E-state index is 0.00587. The summed E-state index contributed by atoms with van der Waals surface area (Å²) >= 11 is 0. The Kier molecular flexibility index (Phi) is 6.59. The Morgan fingerprint density at radius 1 is 1.04 bits per heavy atom. The maximum Gasteiger partial charge on any atom is 0.241 e. The van der Waals surface area contributed by atoms with E-state index in [0.29, 0.717) is 18.0 Å². The van der Waals surface area contributed by atoms with Crippen LogP contribution in [-0.2, 0) is 21.4 Å². The molecule has 0 fully saturated rings. The van der Waals surface area contributed by atoms with Crippen LogP contribution in [0.5, 0.6) is 11.5 Å². The van der Waals surface area contributed by atoms with Gasteiger partial charge in [-0.1, -0.05) is 30.3 Å². The molecule has 0 aliphatic heterocycles. The summed E-state index contributed by atoms with van der Waals surface area (Å²) < 4.78 is 37.3. The lowest BCUT2D eigenvalue weighted by Gasteiger charge is -2.18. The molecule has 140 valence electrons. The molecule has 0 heterocycles. The smallest absolute Gasteiger partial charge is 0.241 e. The number of benzene rings is 2. The van der Waals surface area contributed by atoms with Crippen molar-refractivity contribution in [2.75, 3.05) is 27.8 Å². The van der Waals surface area contributed by atoms with E-state index >= 15 is 0 Å². The monoisotopic (exact) mass is 378 g/mol. The van der Waals surface area contributed by atoms with Crippen molar-refractivity contribution in [3.63, 3.8) is 0 Å². The highest BCUT2D eigenvalue weighted by molar-refractivity contribution is 7.89. The predicted molar refractivity (Wildman–Crippen MR) is 97.7 cm³/mol. The molecule has 0 saturated carbocycles. The highest BCUT2D eigenvalue weighted by Gasteiger charge is 2.19. The van der Waals surface area contributed by atoms with Gasteiger partial charge in [0.15, 0.2) is 11.5 Å². The number of carbonyl (C=O) groups excluding carboxylic acids is 1. The van der Waals surface area contributed by atoms with Gasteiger partial charge in [0.25, 0.3) is 0 Å². The van der Waals surface area contributed by atoms with Gasteiger partial charge in [-0.25, -0.2) is 13.1 Å². The van der Waals surface area contributed by atoms with Gasteiger partial charge in [0.05, 0.1) is 25.7 Å². The van der Waals surface area contributed by atoms with Gasteiger partial charge in [-0.15, -0.1) is 0 Å². The number of nitrogens with zero attached hydrogens (tertiary/aromatic N) is 1. The lowest BCUT2D eigenvalue weighted by atomic mass is 10.2. The van der Waals surface area contributed by atoms with Gasteiger partial charge < -0.3 is 14.4 Å². The van der Waals surface area contributed by atoms with Gasteiger partial charge in [0.2, 0.25) is 15.9 Å². The Labute approximate surface area is 153 Å². The Balaban J connectivity index is 2.02. The molecule has 0 saturated heterocycles. The normalized spacial score (nSPS) is 11.0. The number of nitrogens with one attached hydrogen (secondary N) is 1. The standard InChI is InChI=1S/C18H22N2O5S/c1-20(13-14-7-5-4-6-8-14)18(21)12-19-26(22,23)15-9-10-16(24-2)17(11-15)25-3/h4-11,19H,12-13H2,1-3H3. The summed E-state index contributed by atoms with van der Waals surface area (Å²) in [7, 11) is 0.657. The van der Waals surface area contributed by atoms with Crippen LogP contribution in [0.2, 0.25) is 0 Å². The maximum atomic E-state index is 12.4. The number of amides is 1. The van der Waals surface area contributed by atoms with Crippen LogP contribution in [0.15, 0.2) is 53.4 Å². The lowest BCUT2D eigenvalue weighted by molar-refractivity contribution is -0.129. The molecule has 8 heteroatoms. The molecule has 1 N–H and O–H groups in total. The summed E-state index contributed by atoms with van der Waals surface area (Å²) in [6, 6.07) is 13.7. The second-order valence-corrected chi connectivity index (χ2v) is 7.34. The first-order valence-electron chi connectivity index (χ1n) is 7.87. The van der Waals surface area contributed by atoms with Crippen LogP contribution >= 0.6 is 0 Å². The van der Waals surface area contributed by atoms with Crippen molar-refractivity contribution >= 4 is 15.9 Å². The van der Waals surface area contributed by atoms with Gasteiger partial charge in [-0.2, -0.15) is 0 Å². The van der Waals surface area contributed by atoms with Crippen molar-refractivity contribution in [2.45, 2.75) is 11.4 Å². The molecule has 2 rings (SSSR count). The molecule has 0 aliphatic carbocycles. The number of methoxy groups -OCH3 is 2. The molecular weight excluding hydrogens is 356 g/mol. The highest BCUT2D eigenvalue weighted by atomic mass is 32.2. The third-order valence-electron chi connectivity index (χ3n) is 3.77. The van der Waals surface area contributed by atoms with Gasteiger partial charge >= 0.3 is 0 Å². The number of hydrogen-bond donors (Lipinski definition) is 1. The number of hydrogen-bond acceptors (Lipinski definition) is 5. The first-order chi connectivity index (χ1) is 12.4. The van der Waals surface area contributed by atoms with Crippen LogP contribution in [0, 0.1) is 0 Å². The average Bonchev–Trinajstić information content (AvgIpc) is 2.66. The van der Waals surface area contributed by atoms with Crippen LogP contribution in [0.25, 0.3) is 0 Å². The second kappa shape index (κ2) is 8.68. The van der Waals surface area contributed by atoms with Crippen LogP contribution in [0.1, 0.15) is 5.56 Å². The number of carbonyl (C=O) groups is 1. The van der Waals surface area contributed by atoms with Crippen LogP contribution in [0.3, 0.4) is 0 Å². The summed E-state index contributed by atoms with van der Waals surface area (Å²) in [4.78, 5) is 13.7. The zero-order valence-electron chi connectivity index (χ0n) is 14.9. The SMILES string of the molecule is COc1ccc(S(=O)(=O)NCC(=O)N(C)Cc2ccccc2)cc1OC. The molecule has 2 aromatic rings. The van der Waals surface area contributed by atoms with E-state index in [9.17, 15) is 13.2 Å². The first-order valence-corrected chi connectivity index (χ1v) is 9.35. The zero-order chi connectivity index (χ0) is 19.2. The minimum Gasteiger partial charge on any atom is -0.493 e. The summed E-state index contributed by atoms with van der Waals surface area (Å²) in [5.41, 5.74) is 0.964. The average molecular weight is 378 g/mol. The maximum absolute atomic E-state index is 12.4. The molecule has 7 nitrogen and oxygen atoms in total. The van der Waals surface area contributed by atoms with Crippen molar-refractivity contribution in [1.82, 2.24) is 9.62 Å². The van der Waals surface area contributed by atoms with E-state index in [4.69, 9.17) is 9.47 Å². The molecule has 0 aliphatic rings. The Morgan fingerprint density at radius 3 is 2.31 bits per heavy atom. The predicted octanol–water partition coefficient (Wildman–Crippen LogP) is 1.64. The van der Waals surface area contributed by atoms with Crippen molar-refractivity contribution in [1.29, 1.82) is 0 Å². The van der Waals surface area contributed by atoms with Crippen molar-refractivity contribution in [2.24, 2.45) is 0 Å². The summed E-state index contributed by atoms with van der Waals surface area (Å²) in [6.07, 6.45) is 0. The van der Waals surface area contributed by atoms with E-state index < -0.39 is 10.0 Å². The molecule has 1 amide bonds. The van der Waals surface area contributed by atoms with E-state index in [2.05, 4.69) is 4.72 Å². The third-order valence-corrected chi connectivity index (χ3v) is 5.17. The fourth-order valence-corrected chi connectivity index (χ4v) is 3.29. The number of likely N-dealkylation sites (N-methyl/N-ethyl adjacent to an activating group) is 1. The van der Waals surface area contributed by atoms with Crippen molar-refractivity contribution in [3.05, 3.63) is 54.1 Å². The molecule has 0 aromatic heterocycles. The molecular formula is C18H22N2O5S. The number of ether oxygens (including phenoxy) is 2. The van der Waals surface area contributed by atoms with Crippen molar-refractivity contribution in [3.8, 4) is 11.5 Å².